The van der Waals surface area contributed by atoms with E-state index in [1.54, 1.807) is 0 Å². The number of rotatable bonds is 3. The molecule has 1 aliphatic heterocycles. The Hall–Kier alpha value is -2.15. The first-order valence-corrected chi connectivity index (χ1v) is 8.01. The first-order valence-electron chi connectivity index (χ1n) is 7.63. The summed E-state index contributed by atoms with van der Waals surface area (Å²) in [6, 6.07) is 4.04. The Morgan fingerprint density at radius 3 is 2.17 bits per heavy atom. The second-order valence-corrected chi connectivity index (χ2v) is 6.48. The van der Waals surface area contributed by atoms with Crippen LogP contribution < -0.4 is 0 Å². The third-order valence-corrected chi connectivity index (χ3v) is 4.91. The Bertz CT molecular complexity index is 692. The van der Waals surface area contributed by atoms with Crippen LogP contribution in [0.25, 0.3) is 0 Å². The summed E-state index contributed by atoms with van der Waals surface area (Å²) in [5, 5.41) is 9.23. The number of carboxylic acids is 1. The molecular formula is C16H16ClFN2O4. The molecule has 1 saturated heterocycles. The zero-order valence-electron chi connectivity index (χ0n) is 12.8. The van der Waals surface area contributed by atoms with Crippen molar-refractivity contribution in [3.8, 4) is 0 Å². The van der Waals surface area contributed by atoms with Crippen molar-refractivity contribution < 1.29 is 23.9 Å². The predicted molar refractivity (Wildman–Crippen MR) is 83.2 cm³/mol. The summed E-state index contributed by atoms with van der Waals surface area (Å²) in [6.45, 7) is 0.882. The van der Waals surface area contributed by atoms with Crippen molar-refractivity contribution >= 4 is 29.4 Å². The van der Waals surface area contributed by atoms with Crippen LogP contribution in [0.3, 0.4) is 0 Å². The number of carbonyl (C=O) groups is 3. The topological polar surface area (TPSA) is 77.9 Å². The lowest BCUT2D eigenvalue weighted by Crippen LogP contribution is -2.53. The van der Waals surface area contributed by atoms with Crippen LogP contribution in [-0.2, 0) is 9.59 Å². The molecule has 6 nitrogen and oxygen atoms in total. The zero-order chi connectivity index (χ0) is 17.5. The van der Waals surface area contributed by atoms with E-state index >= 15 is 0 Å². The van der Waals surface area contributed by atoms with E-state index in [4.69, 9.17) is 11.6 Å². The molecule has 1 saturated carbocycles. The van der Waals surface area contributed by atoms with E-state index in [0.717, 1.165) is 0 Å². The Morgan fingerprint density at radius 1 is 1.08 bits per heavy atom. The van der Waals surface area contributed by atoms with E-state index in [9.17, 15) is 23.9 Å². The van der Waals surface area contributed by atoms with Crippen LogP contribution in [0.4, 0.5) is 4.39 Å². The number of amides is 2. The van der Waals surface area contributed by atoms with Gasteiger partial charge in [-0.1, -0.05) is 17.7 Å². The van der Waals surface area contributed by atoms with E-state index in [-0.39, 0.29) is 36.8 Å². The quantitative estimate of drug-likeness (QED) is 0.837. The number of hydrogen-bond donors (Lipinski definition) is 1. The van der Waals surface area contributed by atoms with Crippen molar-refractivity contribution in [2.24, 2.45) is 5.41 Å². The van der Waals surface area contributed by atoms with Gasteiger partial charge in [0.25, 0.3) is 5.91 Å². The fourth-order valence-electron chi connectivity index (χ4n) is 2.92. The average Bonchev–Trinajstić information content (AvgIpc) is 3.36. The second kappa shape index (κ2) is 6.05. The molecule has 1 heterocycles. The smallest absolute Gasteiger partial charge is 0.319 e. The summed E-state index contributed by atoms with van der Waals surface area (Å²) in [7, 11) is 0. The summed E-state index contributed by atoms with van der Waals surface area (Å²) in [4.78, 5) is 38.9. The van der Waals surface area contributed by atoms with E-state index in [0.29, 0.717) is 12.8 Å². The molecule has 0 spiro atoms. The second-order valence-electron chi connectivity index (χ2n) is 6.07. The van der Waals surface area contributed by atoms with Crippen LogP contribution >= 0.6 is 11.6 Å². The first kappa shape index (κ1) is 16.7. The molecule has 128 valence electrons. The number of halogens is 2. The molecule has 3 rings (SSSR count). The van der Waals surface area contributed by atoms with Crippen LogP contribution in [0.2, 0.25) is 5.02 Å². The number of benzene rings is 1. The number of aliphatic carboxylic acids is 1. The van der Waals surface area contributed by atoms with Crippen molar-refractivity contribution in [1.82, 2.24) is 9.80 Å². The molecule has 2 amide bonds. The zero-order valence-corrected chi connectivity index (χ0v) is 13.6. The molecule has 0 radical (unpaired) electrons. The number of carboxylic acid groups (broad SMARTS) is 1. The third-order valence-electron chi connectivity index (χ3n) is 4.60. The van der Waals surface area contributed by atoms with Gasteiger partial charge in [0.1, 0.15) is 11.2 Å². The molecule has 1 N–H and O–H groups in total. The van der Waals surface area contributed by atoms with Crippen molar-refractivity contribution in [2.75, 3.05) is 26.2 Å². The van der Waals surface area contributed by atoms with Gasteiger partial charge in [0.15, 0.2) is 0 Å². The lowest BCUT2D eigenvalue weighted by molar-refractivity contribution is -0.154. The monoisotopic (exact) mass is 354 g/mol. The Morgan fingerprint density at radius 2 is 1.67 bits per heavy atom. The molecule has 1 aromatic rings. The summed E-state index contributed by atoms with van der Waals surface area (Å²) in [5.41, 5.74) is -1.45. The van der Waals surface area contributed by atoms with Crippen molar-refractivity contribution in [3.05, 3.63) is 34.6 Å². The minimum atomic E-state index is -1.28. The fourth-order valence-corrected chi connectivity index (χ4v) is 3.16. The standard InChI is InChI=1S/C16H16ClFN2O4/c17-10-2-1-3-11(18)12(10)13(21)19-6-8-20(9-7-19)14(22)16(4-5-16)15(23)24/h1-3H,4-9H2,(H,23,24). The molecule has 1 aromatic carbocycles. The number of hydrogen-bond acceptors (Lipinski definition) is 3. The van der Waals surface area contributed by atoms with E-state index in [2.05, 4.69) is 0 Å². The maximum atomic E-state index is 13.9. The van der Waals surface area contributed by atoms with Gasteiger partial charge in [0.05, 0.1) is 10.6 Å². The van der Waals surface area contributed by atoms with Crippen molar-refractivity contribution in [2.45, 2.75) is 12.8 Å². The Labute approximate surface area is 142 Å². The Balaban J connectivity index is 1.66. The highest BCUT2D eigenvalue weighted by Gasteiger charge is 2.58. The molecule has 0 unspecified atom stereocenters. The van der Waals surface area contributed by atoms with Crippen LogP contribution in [0.15, 0.2) is 18.2 Å². The van der Waals surface area contributed by atoms with E-state index < -0.39 is 29.0 Å². The van der Waals surface area contributed by atoms with Gasteiger partial charge in [-0.05, 0) is 25.0 Å². The largest absolute Gasteiger partial charge is 0.480 e. The predicted octanol–water partition coefficient (Wildman–Crippen LogP) is 1.63. The third kappa shape index (κ3) is 2.73. The molecule has 0 atom stereocenters. The molecule has 2 aliphatic rings. The minimum absolute atomic E-state index is 0.0429. The number of carbonyl (C=O) groups excluding carboxylic acids is 2. The fraction of sp³-hybridized carbons (Fsp3) is 0.438. The molecule has 0 aromatic heterocycles. The van der Waals surface area contributed by atoms with Crippen LogP contribution in [0, 0.1) is 11.2 Å². The first-order chi connectivity index (χ1) is 11.4. The molecule has 2 fully saturated rings. The highest BCUT2D eigenvalue weighted by Crippen LogP contribution is 2.47. The molecule has 24 heavy (non-hydrogen) atoms. The van der Waals surface area contributed by atoms with Gasteiger partial charge in [-0.25, -0.2) is 4.39 Å². The summed E-state index contributed by atoms with van der Waals surface area (Å²) >= 11 is 5.91. The van der Waals surface area contributed by atoms with Gasteiger partial charge < -0.3 is 14.9 Å². The van der Waals surface area contributed by atoms with Gasteiger partial charge in [0, 0.05) is 26.2 Å². The SMILES string of the molecule is O=C(c1c(F)cccc1Cl)N1CCN(C(=O)C2(C(=O)O)CC2)CC1. The summed E-state index contributed by atoms with van der Waals surface area (Å²) in [5.74, 6) is -2.70. The van der Waals surface area contributed by atoms with Crippen molar-refractivity contribution in [3.63, 3.8) is 0 Å². The minimum Gasteiger partial charge on any atom is -0.480 e. The summed E-state index contributed by atoms with van der Waals surface area (Å²) in [6.07, 6.45) is 0.705. The van der Waals surface area contributed by atoms with Gasteiger partial charge in [-0.15, -0.1) is 0 Å². The van der Waals surface area contributed by atoms with Gasteiger partial charge in [-0.3, -0.25) is 14.4 Å². The molecular weight excluding hydrogens is 339 g/mol. The highest BCUT2D eigenvalue weighted by atomic mass is 35.5. The van der Waals surface area contributed by atoms with Crippen LogP contribution in [0.1, 0.15) is 23.2 Å². The molecule has 1 aliphatic carbocycles. The van der Waals surface area contributed by atoms with E-state index in [1.165, 1.54) is 28.0 Å². The van der Waals surface area contributed by atoms with Crippen molar-refractivity contribution in [1.29, 1.82) is 0 Å². The van der Waals surface area contributed by atoms with Crippen LogP contribution in [0.5, 0.6) is 0 Å². The van der Waals surface area contributed by atoms with Gasteiger partial charge >= 0.3 is 5.97 Å². The molecule has 0 bridgehead atoms. The number of nitrogens with zero attached hydrogens (tertiary/aromatic N) is 2. The maximum absolute atomic E-state index is 13.9. The molecule has 8 heteroatoms. The summed E-state index contributed by atoms with van der Waals surface area (Å²) < 4.78 is 13.9. The van der Waals surface area contributed by atoms with E-state index in [1.807, 2.05) is 0 Å². The van der Waals surface area contributed by atoms with Gasteiger partial charge in [0.2, 0.25) is 5.91 Å². The Kier molecular flexibility index (Phi) is 4.21. The average molecular weight is 355 g/mol. The maximum Gasteiger partial charge on any atom is 0.319 e. The normalized spacial score (nSPS) is 19.1. The lowest BCUT2D eigenvalue weighted by Gasteiger charge is -2.36. The van der Waals surface area contributed by atoms with Crippen LogP contribution in [-0.4, -0.2) is 58.9 Å². The lowest BCUT2D eigenvalue weighted by atomic mass is 10.1. The van der Waals surface area contributed by atoms with Gasteiger partial charge in [-0.2, -0.15) is 0 Å². The number of piperazine rings is 1. The highest BCUT2D eigenvalue weighted by molar-refractivity contribution is 6.33.